The van der Waals surface area contributed by atoms with Gasteiger partial charge in [0, 0.05) is 19.1 Å². The van der Waals surface area contributed by atoms with Crippen LogP contribution in [-0.2, 0) is 9.47 Å². The number of ether oxygens (including phenoxy) is 2. The summed E-state index contributed by atoms with van der Waals surface area (Å²) >= 11 is 0. The maximum absolute atomic E-state index is 10.5. The van der Waals surface area contributed by atoms with Crippen molar-refractivity contribution in [3.05, 3.63) is 0 Å². The summed E-state index contributed by atoms with van der Waals surface area (Å²) in [6.45, 7) is 3.48. The molecule has 9 heteroatoms. The number of nitrogens with two attached hydrogens (primary N) is 1. The molecule has 1 aliphatic heterocycles. The highest BCUT2D eigenvalue weighted by Crippen LogP contribution is 2.37. The van der Waals surface area contributed by atoms with Gasteiger partial charge in [-0.15, -0.1) is 0 Å². The first-order valence-electron chi connectivity index (χ1n) is 8.75. The van der Waals surface area contributed by atoms with E-state index in [2.05, 4.69) is 0 Å². The number of aliphatic hydroxyl groups excluding tert-OH is 6. The highest BCUT2D eigenvalue weighted by atomic mass is 16.7. The Labute approximate surface area is 147 Å². The van der Waals surface area contributed by atoms with E-state index >= 15 is 0 Å². The van der Waals surface area contributed by atoms with E-state index in [1.807, 2.05) is 13.8 Å². The Balaban J connectivity index is 2.14. The first-order valence-corrected chi connectivity index (χ1v) is 8.75. The van der Waals surface area contributed by atoms with E-state index < -0.39 is 54.9 Å². The van der Waals surface area contributed by atoms with Crippen LogP contribution in [0.1, 0.15) is 20.3 Å². The predicted octanol–water partition coefficient (Wildman–Crippen LogP) is -2.86. The Morgan fingerprint density at radius 2 is 1.64 bits per heavy atom. The molecule has 1 saturated heterocycles. The van der Waals surface area contributed by atoms with Crippen LogP contribution < -0.4 is 5.73 Å². The molecule has 9 nitrogen and oxygen atoms in total. The Bertz CT molecular complexity index is 421. The van der Waals surface area contributed by atoms with Crippen LogP contribution in [0.15, 0.2) is 0 Å². The lowest BCUT2D eigenvalue weighted by atomic mass is 9.71. The van der Waals surface area contributed by atoms with Crippen LogP contribution in [0, 0.1) is 17.8 Å². The van der Waals surface area contributed by atoms with Crippen LogP contribution >= 0.6 is 0 Å². The van der Waals surface area contributed by atoms with Crippen LogP contribution in [-0.4, -0.2) is 92.8 Å². The van der Waals surface area contributed by atoms with Gasteiger partial charge in [-0.3, -0.25) is 0 Å². The van der Waals surface area contributed by atoms with Crippen molar-refractivity contribution >= 4 is 0 Å². The Kier molecular flexibility index (Phi) is 7.17. The van der Waals surface area contributed by atoms with Gasteiger partial charge in [-0.2, -0.15) is 0 Å². The Morgan fingerprint density at radius 3 is 2.16 bits per heavy atom. The molecular weight excluding hydrogens is 334 g/mol. The second-order valence-corrected chi connectivity index (χ2v) is 7.42. The van der Waals surface area contributed by atoms with Crippen molar-refractivity contribution in [1.82, 2.24) is 0 Å². The lowest BCUT2D eigenvalue weighted by molar-refractivity contribution is -0.325. The SMILES string of the molecule is CC(C)C1CC(CO)C(OC2OC(CN)C(O)C(O)C2O)C(O)C1O. The van der Waals surface area contributed by atoms with Crippen molar-refractivity contribution in [3.8, 4) is 0 Å². The topological polar surface area (TPSA) is 166 Å². The lowest BCUT2D eigenvalue weighted by Crippen LogP contribution is -2.63. The van der Waals surface area contributed by atoms with Crippen molar-refractivity contribution < 1.29 is 40.1 Å². The summed E-state index contributed by atoms with van der Waals surface area (Å²) < 4.78 is 11.0. The first kappa shape index (κ1) is 20.9. The Hall–Kier alpha value is -0.360. The second kappa shape index (κ2) is 8.55. The molecule has 25 heavy (non-hydrogen) atoms. The minimum Gasteiger partial charge on any atom is -0.396 e. The summed E-state index contributed by atoms with van der Waals surface area (Å²) in [5.74, 6) is -0.565. The lowest BCUT2D eigenvalue weighted by Gasteiger charge is -2.47. The molecule has 2 rings (SSSR count). The van der Waals surface area contributed by atoms with E-state index in [1.165, 1.54) is 0 Å². The van der Waals surface area contributed by atoms with Gasteiger partial charge in [-0.25, -0.2) is 0 Å². The fourth-order valence-electron chi connectivity index (χ4n) is 3.76. The molecule has 10 unspecified atom stereocenters. The smallest absolute Gasteiger partial charge is 0.187 e. The van der Waals surface area contributed by atoms with Crippen molar-refractivity contribution in [1.29, 1.82) is 0 Å². The third-order valence-electron chi connectivity index (χ3n) is 5.45. The molecule has 10 atom stereocenters. The molecule has 0 aromatic rings. The van der Waals surface area contributed by atoms with Gasteiger partial charge in [-0.1, -0.05) is 13.8 Å². The van der Waals surface area contributed by atoms with Gasteiger partial charge in [0.15, 0.2) is 6.29 Å². The molecule has 0 aromatic carbocycles. The number of rotatable bonds is 5. The normalized spacial score (nSPS) is 48.7. The number of hydrogen-bond donors (Lipinski definition) is 7. The summed E-state index contributed by atoms with van der Waals surface area (Å²) in [6, 6.07) is 0. The minimum absolute atomic E-state index is 0.0977. The maximum atomic E-state index is 10.5. The molecule has 2 aliphatic rings. The minimum atomic E-state index is -1.55. The molecule has 0 spiro atoms. The van der Waals surface area contributed by atoms with Crippen LogP contribution in [0.5, 0.6) is 0 Å². The quantitative estimate of drug-likeness (QED) is 0.271. The van der Waals surface area contributed by atoms with Crippen LogP contribution in [0.3, 0.4) is 0 Å². The van der Waals surface area contributed by atoms with Crippen LogP contribution in [0.4, 0.5) is 0 Å². The van der Waals surface area contributed by atoms with Crippen molar-refractivity contribution in [2.75, 3.05) is 13.2 Å². The van der Waals surface area contributed by atoms with Gasteiger partial charge < -0.3 is 45.8 Å². The fourth-order valence-corrected chi connectivity index (χ4v) is 3.76. The van der Waals surface area contributed by atoms with E-state index in [-0.39, 0.29) is 25.0 Å². The number of aliphatic hydroxyl groups is 6. The van der Waals surface area contributed by atoms with Gasteiger partial charge in [0.1, 0.15) is 30.5 Å². The molecule has 0 amide bonds. The molecule has 1 aliphatic carbocycles. The Morgan fingerprint density at radius 1 is 1.00 bits per heavy atom. The molecule has 0 bridgehead atoms. The number of hydrogen-bond acceptors (Lipinski definition) is 9. The van der Waals surface area contributed by atoms with E-state index in [1.54, 1.807) is 0 Å². The largest absolute Gasteiger partial charge is 0.396 e. The van der Waals surface area contributed by atoms with E-state index in [0.717, 1.165) is 0 Å². The molecular formula is C16H31NO8. The van der Waals surface area contributed by atoms with Crippen molar-refractivity contribution in [2.24, 2.45) is 23.5 Å². The van der Waals surface area contributed by atoms with E-state index in [9.17, 15) is 30.6 Å². The van der Waals surface area contributed by atoms with Gasteiger partial charge in [0.25, 0.3) is 0 Å². The molecule has 2 fully saturated rings. The monoisotopic (exact) mass is 365 g/mol. The predicted molar refractivity (Wildman–Crippen MR) is 86.1 cm³/mol. The van der Waals surface area contributed by atoms with Crippen LogP contribution in [0.2, 0.25) is 0 Å². The standard InChI is InChI=1S/C16H31NO8/c1-6(2)8-3-7(5-18)15(13(22)10(8)19)25-16-14(23)12(21)11(20)9(4-17)24-16/h6-16,18-23H,3-5,17H2,1-2H3. The zero-order valence-electron chi connectivity index (χ0n) is 14.5. The molecule has 8 N–H and O–H groups in total. The molecule has 1 saturated carbocycles. The van der Waals surface area contributed by atoms with Crippen LogP contribution in [0.25, 0.3) is 0 Å². The zero-order valence-corrected chi connectivity index (χ0v) is 14.5. The summed E-state index contributed by atoms with van der Waals surface area (Å²) in [6.07, 6.45) is -9.60. The highest BCUT2D eigenvalue weighted by Gasteiger charge is 2.49. The zero-order chi connectivity index (χ0) is 18.9. The average Bonchev–Trinajstić information content (AvgIpc) is 2.58. The van der Waals surface area contributed by atoms with E-state index in [4.69, 9.17) is 15.2 Å². The maximum Gasteiger partial charge on any atom is 0.187 e. The van der Waals surface area contributed by atoms with Crippen molar-refractivity contribution in [3.63, 3.8) is 0 Å². The van der Waals surface area contributed by atoms with Crippen molar-refractivity contribution in [2.45, 2.75) is 69.3 Å². The summed E-state index contributed by atoms with van der Waals surface area (Å²) in [5.41, 5.74) is 5.49. The molecule has 0 aromatic heterocycles. The summed E-state index contributed by atoms with van der Waals surface area (Å²) in [7, 11) is 0. The highest BCUT2D eigenvalue weighted by molar-refractivity contribution is 4.96. The third-order valence-corrected chi connectivity index (χ3v) is 5.45. The molecule has 148 valence electrons. The molecule has 0 radical (unpaired) electrons. The second-order valence-electron chi connectivity index (χ2n) is 7.42. The third kappa shape index (κ3) is 4.15. The van der Waals surface area contributed by atoms with Gasteiger partial charge in [0.2, 0.25) is 0 Å². The first-order chi connectivity index (χ1) is 11.7. The van der Waals surface area contributed by atoms with E-state index in [0.29, 0.717) is 6.42 Å². The summed E-state index contributed by atoms with van der Waals surface area (Å²) in [4.78, 5) is 0. The van der Waals surface area contributed by atoms with Gasteiger partial charge >= 0.3 is 0 Å². The molecule has 1 heterocycles. The average molecular weight is 365 g/mol. The van der Waals surface area contributed by atoms with Gasteiger partial charge in [-0.05, 0) is 18.3 Å². The fraction of sp³-hybridized carbons (Fsp3) is 1.00. The van der Waals surface area contributed by atoms with Gasteiger partial charge in [0.05, 0.1) is 12.2 Å². The summed E-state index contributed by atoms with van der Waals surface area (Å²) in [5, 5.41) is 60.3.